The van der Waals surface area contributed by atoms with Crippen LogP contribution in [0, 0.1) is 17.7 Å². The van der Waals surface area contributed by atoms with Gasteiger partial charge in [0.1, 0.15) is 11.7 Å². The van der Waals surface area contributed by atoms with Crippen LogP contribution in [0.1, 0.15) is 74.7 Å². The zero-order chi connectivity index (χ0) is 17.8. The second-order valence-corrected chi connectivity index (χ2v) is 7.48. The Kier molecular flexibility index (Phi) is 5.98. The Hall–Kier alpha value is -1.58. The Morgan fingerprint density at radius 2 is 1.92 bits per heavy atom. The van der Waals surface area contributed by atoms with E-state index < -0.39 is 11.8 Å². The van der Waals surface area contributed by atoms with Crippen LogP contribution >= 0.6 is 0 Å². The molecular formula is C21H29FO3. The topological polar surface area (TPSA) is 35.5 Å². The summed E-state index contributed by atoms with van der Waals surface area (Å²) >= 11 is 0. The molecule has 0 radical (unpaired) electrons. The molecule has 1 unspecified atom stereocenters. The molecule has 0 aromatic heterocycles. The van der Waals surface area contributed by atoms with Gasteiger partial charge >= 0.3 is 5.97 Å². The van der Waals surface area contributed by atoms with E-state index in [1.165, 1.54) is 25.7 Å². The maximum Gasteiger partial charge on any atom is 0.341 e. The fourth-order valence-electron chi connectivity index (χ4n) is 4.29. The van der Waals surface area contributed by atoms with Crippen LogP contribution in [0.3, 0.4) is 0 Å². The second kappa shape index (κ2) is 8.20. The number of carbonyl (C=O) groups excluding carboxylic acids is 1. The fourth-order valence-corrected chi connectivity index (χ4v) is 4.29. The standard InChI is InChI=1S/C21H29FO3/c1-3-5-14-6-8-15(9-7-14)18-13-16-10-11-17(24-12-4-2)20(22)19(16)21(23)25-18/h10-11,14-15,18H,3-9,12-13H2,1-2H3. The predicted octanol–water partition coefficient (Wildman–Crippen LogP) is 5.30. The first kappa shape index (κ1) is 18.2. The molecule has 138 valence electrons. The van der Waals surface area contributed by atoms with Crippen molar-refractivity contribution in [1.82, 2.24) is 0 Å². The van der Waals surface area contributed by atoms with E-state index in [1.54, 1.807) is 6.07 Å². The molecule has 0 bridgehead atoms. The Balaban J connectivity index is 1.70. The molecule has 0 spiro atoms. The third-order valence-electron chi connectivity index (χ3n) is 5.65. The Labute approximate surface area is 149 Å². The molecular weight excluding hydrogens is 319 g/mol. The first-order chi connectivity index (χ1) is 12.1. The molecule has 4 heteroatoms. The highest BCUT2D eigenvalue weighted by molar-refractivity contribution is 5.93. The highest BCUT2D eigenvalue weighted by atomic mass is 19.1. The average Bonchev–Trinajstić information content (AvgIpc) is 2.61. The molecule has 1 aromatic rings. The minimum absolute atomic E-state index is 0.0736. The van der Waals surface area contributed by atoms with E-state index in [9.17, 15) is 9.18 Å². The first-order valence-electron chi connectivity index (χ1n) is 9.79. The molecule has 3 rings (SSSR count). The largest absolute Gasteiger partial charge is 0.491 e. The zero-order valence-corrected chi connectivity index (χ0v) is 15.4. The molecule has 1 saturated carbocycles. The van der Waals surface area contributed by atoms with Gasteiger partial charge in [0.25, 0.3) is 0 Å². The Morgan fingerprint density at radius 1 is 1.16 bits per heavy atom. The lowest BCUT2D eigenvalue weighted by Crippen LogP contribution is -2.36. The van der Waals surface area contributed by atoms with Gasteiger partial charge in [-0.2, -0.15) is 0 Å². The lowest BCUT2D eigenvalue weighted by molar-refractivity contribution is -0.00102. The van der Waals surface area contributed by atoms with Crippen LogP contribution in [0.25, 0.3) is 0 Å². The summed E-state index contributed by atoms with van der Waals surface area (Å²) in [6.45, 7) is 4.64. The van der Waals surface area contributed by atoms with E-state index in [0.717, 1.165) is 30.7 Å². The Bertz CT molecular complexity index is 605. The number of hydrogen-bond acceptors (Lipinski definition) is 3. The van der Waals surface area contributed by atoms with E-state index in [1.807, 2.05) is 13.0 Å². The number of esters is 1. The monoisotopic (exact) mass is 348 g/mol. The summed E-state index contributed by atoms with van der Waals surface area (Å²) in [5.74, 6) is 0.284. The van der Waals surface area contributed by atoms with Crippen molar-refractivity contribution in [3.63, 3.8) is 0 Å². The van der Waals surface area contributed by atoms with Gasteiger partial charge in [-0.15, -0.1) is 0 Å². The number of benzene rings is 1. The van der Waals surface area contributed by atoms with Crippen LogP contribution in [0.5, 0.6) is 5.75 Å². The van der Waals surface area contributed by atoms with Crippen LogP contribution < -0.4 is 4.74 Å². The average molecular weight is 348 g/mol. The minimum Gasteiger partial charge on any atom is -0.491 e. The molecule has 1 heterocycles. The summed E-state index contributed by atoms with van der Waals surface area (Å²) in [6, 6.07) is 3.48. The quantitative estimate of drug-likeness (QED) is 0.654. The van der Waals surface area contributed by atoms with Gasteiger partial charge in [-0.1, -0.05) is 45.6 Å². The van der Waals surface area contributed by atoms with Crippen molar-refractivity contribution < 1.29 is 18.7 Å². The van der Waals surface area contributed by atoms with Gasteiger partial charge in [0.05, 0.1) is 6.61 Å². The summed E-state index contributed by atoms with van der Waals surface area (Å²) in [7, 11) is 0. The van der Waals surface area contributed by atoms with Crippen LogP contribution in [0.15, 0.2) is 12.1 Å². The normalized spacial score (nSPS) is 26.0. The smallest absolute Gasteiger partial charge is 0.341 e. The summed E-state index contributed by atoms with van der Waals surface area (Å²) in [5.41, 5.74) is 0.836. The number of carbonyl (C=O) groups is 1. The van der Waals surface area contributed by atoms with Crippen molar-refractivity contribution in [1.29, 1.82) is 0 Å². The minimum atomic E-state index is -0.568. The second-order valence-electron chi connectivity index (χ2n) is 7.48. The third kappa shape index (κ3) is 3.99. The number of halogens is 1. The molecule has 0 amide bonds. The van der Waals surface area contributed by atoms with E-state index in [2.05, 4.69) is 6.92 Å². The SMILES string of the molecule is CCCOc1ccc2c(c1F)C(=O)OC(C1CCC(CCC)CC1)C2. The van der Waals surface area contributed by atoms with Crippen LogP contribution in [0.2, 0.25) is 0 Å². The van der Waals surface area contributed by atoms with Gasteiger partial charge < -0.3 is 9.47 Å². The number of rotatable bonds is 6. The predicted molar refractivity (Wildman–Crippen MR) is 95.4 cm³/mol. The van der Waals surface area contributed by atoms with E-state index >= 15 is 0 Å². The number of cyclic esters (lactones) is 1. The lowest BCUT2D eigenvalue weighted by atomic mass is 9.76. The van der Waals surface area contributed by atoms with Gasteiger partial charge in [0.15, 0.2) is 11.6 Å². The van der Waals surface area contributed by atoms with Gasteiger partial charge in [0, 0.05) is 6.42 Å². The molecule has 1 atom stereocenters. The molecule has 1 aromatic carbocycles. The van der Waals surface area contributed by atoms with E-state index in [0.29, 0.717) is 18.9 Å². The molecule has 0 N–H and O–H groups in total. The number of ether oxygens (including phenoxy) is 2. The molecule has 1 aliphatic carbocycles. The maximum atomic E-state index is 14.6. The van der Waals surface area contributed by atoms with Crippen molar-refractivity contribution in [2.75, 3.05) is 6.61 Å². The molecule has 0 saturated heterocycles. The highest BCUT2D eigenvalue weighted by Crippen LogP contribution is 2.38. The van der Waals surface area contributed by atoms with Crippen molar-refractivity contribution in [3.8, 4) is 5.75 Å². The summed E-state index contributed by atoms with van der Waals surface area (Å²) in [6.07, 6.45) is 8.50. The molecule has 2 aliphatic rings. The van der Waals surface area contributed by atoms with Crippen LogP contribution in [-0.4, -0.2) is 18.7 Å². The molecule has 25 heavy (non-hydrogen) atoms. The third-order valence-corrected chi connectivity index (χ3v) is 5.65. The van der Waals surface area contributed by atoms with Crippen LogP contribution in [-0.2, 0) is 11.2 Å². The Morgan fingerprint density at radius 3 is 2.60 bits per heavy atom. The van der Waals surface area contributed by atoms with Gasteiger partial charge in [0.2, 0.25) is 0 Å². The van der Waals surface area contributed by atoms with Crippen molar-refractivity contribution in [2.24, 2.45) is 11.8 Å². The summed E-state index contributed by atoms with van der Waals surface area (Å²) in [4.78, 5) is 12.4. The fraction of sp³-hybridized carbons (Fsp3) is 0.667. The molecule has 3 nitrogen and oxygen atoms in total. The van der Waals surface area contributed by atoms with E-state index in [-0.39, 0.29) is 17.4 Å². The molecule has 1 aliphatic heterocycles. The summed E-state index contributed by atoms with van der Waals surface area (Å²) < 4.78 is 25.7. The van der Waals surface area contributed by atoms with Gasteiger partial charge in [-0.25, -0.2) is 9.18 Å². The van der Waals surface area contributed by atoms with Crippen molar-refractivity contribution in [2.45, 2.75) is 71.3 Å². The zero-order valence-electron chi connectivity index (χ0n) is 15.4. The van der Waals surface area contributed by atoms with Crippen molar-refractivity contribution >= 4 is 5.97 Å². The maximum absolute atomic E-state index is 14.6. The van der Waals surface area contributed by atoms with E-state index in [4.69, 9.17) is 9.47 Å². The van der Waals surface area contributed by atoms with Crippen molar-refractivity contribution in [3.05, 3.63) is 29.1 Å². The number of fused-ring (bicyclic) bond motifs is 1. The van der Waals surface area contributed by atoms with Gasteiger partial charge in [-0.05, 0) is 42.7 Å². The van der Waals surface area contributed by atoms with Gasteiger partial charge in [-0.3, -0.25) is 0 Å². The van der Waals surface area contributed by atoms with Crippen LogP contribution in [0.4, 0.5) is 4.39 Å². The summed E-state index contributed by atoms with van der Waals surface area (Å²) in [5, 5.41) is 0. The number of hydrogen-bond donors (Lipinski definition) is 0. The lowest BCUT2D eigenvalue weighted by Gasteiger charge is -2.36. The highest BCUT2D eigenvalue weighted by Gasteiger charge is 2.36. The first-order valence-corrected chi connectivity index (χ1v) is 9.79. The molecule has 1 fully saturated rings.